The van der Waals surface area contributed by atoms with E-state index in [1.165, 1.54) is 22.9 Å². The number of aromatic hydroxyl groups is 1. The first-order valence-corrected chi connectivity index (χ1v) is 17.5. The third-order valence-corrected chi connectivity index (χ3v) is 12.8. The first-order chi connectivity index (χ1) is 20.3. The fourth-order valence-electron chi connectivity index (χ4n) is 9.20. The zero-order chi connectivity index (χ0) is 31.0. The van der Waals surface area contributed by atoms with Gasteiger partial charge in [-0.3, -0.25) is 4.79 Å². The van der Waals surface area contributed by atoms with Crippen LogP contribution >= 0.6 is 11.8 Å². The minimum atomic E-state index is -5.46. The minimum absolute atomic E-state index is 0.0344. The number of alkyl halides is 5. The van der Waals surface area contributed by atoms with Gasteiger partial charge in [0.1, 0.15) is 11.5 Å². The fourth-order valence-corrected chi connectivity index (χ4v) is 10.1. The molecule has 3 nitrogen and oxygen atoms in total. The Kier molecular flexibility index (Phi) is 9.83. The van der Waals surface area contributed by atoms with Crippen molar-refractivity contribution in [2.24, 2.45) is 28.6 Å². The molecule has 0 aromatic heterocycles. The Bertz CT molecular complexity index is 1140. The highest BCUT2D eigenvalue weighted by molar-refractivity contribution is 7.99. The maximum Gasteiger partial charge on any atom is 0.453 e. The number of phenolic OH excluding ortho intramolecular Hbond substituents is 1. The van der Waals surface area contributed by atoms with Gasteiger partial charge in [-0.25, -0.2) is 0 Å². The fraction of sp³-hybridized carbons (Fsp3) is 0.794. The van der Waals surface area contributed by atoms with E-state index in [9.17, 15) is 31.9 Å². The summed E-state index contributed by atoms with van der Waals surface area (Å²) < 4.78 is 62.7. The van der Waals surface area contributed by atoms with Crippen molar-refractivity contribution in [1.29, 1.82) is 0 Å². The maximum atomic E-state index is 13.3. The number of carbonyl (C=O) groups is 1. The Labute approximate surface area is 257 Å². The monoisotopic (exact) mass is 629 g/mol. The van der Waals surface area contributed by atoms with Gasteiger partial charge in [-0.15, -0.1) is 0 Å². The van der Waals surface area contributed by atoms with Crippen LogP contribution in [0.25, 0.3) is 0 Å². The van der Waals surface area contributed by atoms with Gasteiger partial charge in [-0.05, 0) is 142 Å². The van der Waals surface area contributed by atoms with Crippen LogP contribution in [0.3, 0.4) is 0 Å². The number of carbonyl (C=O) groups excluding carboxylic acids is 1. The molecule has 43 heavy (non-hydrogen) atoms. The molecule has 3 saturated carbocycles. The molecule has 242 valence electrons. The van der Waals surface area contributed by atoms with E-state index in [4.69, 9.17) is 0 Å². The van der Waals surface area contributed by atoms with E-state index in [0.29, 0.717) is 41.0 Å². The summed E-state index contributed by atoms with van der Waals surface area (Å²) in [4.78, 5) is 15.5. The lowest BCUT2D eigenvalue weighted by molar-refractivity contribution is -0.284. The predicted molar refractivity (Wildman–Crippen MR) is 162 cm³/mol. The van der Waals surface area contributed by atoms with Crippen LogP contribution in [0.15, 0.2) is 18.2 Å². The number of phenols is 1. The molecule has 5 atom stereocenters. The second kappa shape index (κ2) is 12.8. The van der Waals surface area contributed by atoms with Crippen LogP contribution in [0.2, 0.25) is 0 Å². The average Bonchev–Trinajstić information content (AvgIpc) is 3.72. The number of thioether (sulfide) groups is 1. The molecular formula is C34H48F5NO2S. The number of fused-ring (bicyclic) bond motifs is 6. The molecule has 0 aliphatic heterocycles. The molecule has 0 saturated heterocycles. The first kappa shape index (κ1) is 33.0. The number of nitrogens with zero attached hydrogens (tertiary/aromatic N) is 1. The number of rotatable bonds is 14. The quantitative estimate of drug-likeness (QED) is 0.165. The van der Waals surface area contributed by atoms with Crippen molar-refractivity contribution in [3.05, 3.63) is 29.3 Å². The predicted octanol–water partition coefficient (Wildman–Crippen LogP) is 9.03. The van der Waals surface area contributed by atoms with Gasteiger partial charge in [0.15, 0.2) is 0 Å². The molecule has 3 unspecified atom stereocenters. The number of benzene rings is 1. The van der Waals surface area contributed by atoms with Crippen molar-refractivity contribution in [3.8, 4) is 5.75 Å². The van der Waals surface area contributed by atoms with Crippen molar-refractivity contribution in [2.45, 2.75) is 108 Å². The van der Waals surface area contributed by atoms with Crippen LogP contribution in [-0.2, 0) is 11.2 Å². The second-order valence-corrected chi connectivity index (χ2v) is 15.5. The van der Waals surface area contributed by atoms with Gasteiger partial charge in [0.25, 0.3) is 0 Å². The van der Waals surface area contributed by atoms with Crippen molar-refractivity contribution in [3.63, 3.8) is 0 Å². The van der Waals surface area contributed by atoms with Crippen LogP contribution in [0.5, 0.6) is 5.75 Å². The summed E-state index contributed by atoms with van der Waals surface area (Å²) in [7, 11) is 2.08. The van der Waals surface area contributed by atoms with Crippen molar-refractivity contribution < 1.29 is 31.9 Å². The Morgan fingerprint density at radius 2 is 1.70 bits per heavy atom. The molecule has 4 aliphatic rings. The van der Waals surface area contributed by atoms with E-state index in [2.05, 4.69) is 24.9 Å². The van der Waals surface area contributed by atoms with Crippen molar-refractivity contribution in [2.75, 3.05) is 31.6 Å². The topological polar surface area (TPSA) is 40.5 Å². The largest absolute Gasteiger partial charge is 0.508 e. The lowest BCUT2D eigenvalue weighted by atomic mass is 9.50. The number of halogens is 5. The molecule has 1 N–H and O–H groups in total. The maximum absolute atomic E-state index is 13.3. The summed E-state index contributed by atoms with van der Waals surface area (Å²) in [6.45, 7) is 4.29. The molecule has 0 bridgehead atoms. The van der Waals surface area contributed by atoms with Gasteiger partial charge in [0.05, 0.1) is 0 Å². The number of hydrogen-bond donors (Lipinski definition) is 1. The van der Waals surface area contributed by atoms with Gasteiger partial charge in [-0.2, -0.15) is 33.7 Å². The van der Waals surface area contributed by atoms with Crippen LogP contribution in [-0.4, -0.2) is 59.5 Å². The van der Waals surface area contributed by atoms with E-state index in [0.717, 1.165) is 89.5 Å². The molecule has 0 amide bonds. The second-order valence-electron chi connectivity index (χ2n) is 14.2. The van der Waals surface area contributed by atoms with Crippen molar-refractivity contribution in [1.82, 2.24) is 4.90 Å². The smallest absolute Gasteiger partial charge is 0.453 e. The number of hydrogen-bond acceptors (Lipinski definition) is 4. The lowest BCUT2D eigenvalue weighted by Gasteiger charge is -2.53. The third-order valence-electron chi connectivity index (χ3n) is 11.7. The highest BCUT2D eigenvalue weighted by atomic mass is 32.2. The third kappa shape index (κ3) is 6.64. The van der Waals surface area contributed by atoms with Crippen LogP contribution in [0.4, 0.5) is 22.0 Å². The molecule has 0 heterocycles. The summed E-state index contributed by atoms with van der Waals surface area (Å²) in [6, 6.07) is 5.95. The first-order valence-electron chi connectivity index (χ1n) is 16.3. The highest BCUT2D eigenvalue weighted by Gasteiger charge is 2.71. The van der Waals surface area contributed by atoms with Crippen LogP contribution in [0, 0.1) is 28.6 Å². The molecule has 9 heteroatoms. The average molecular weight is 630 g/mol. The number of unbranched alkanes of at least 4 members (excludes halogenated alkanes) is 2. The molecule has 0 radical (unpaired) electrons. The summed E-state index contributed by atoms with van der Waals surface area (Å²) in [6.07, 6.45) is 4.87. The van der Waals surface area contributed by atoms with Gasteiger partial charge in [-0.1, -0.05) is 25.8 Å². The van der Waals surface area contributed by atoms with E-state index in [1.54, 1.807) is 0 Å². The van der Waals surface area contributed by atoms with Gasteiger partial charge < -0.3 is 10.0 Å². The Morgan fingerprint density at radius 1 is 0.977 bits per heavy atom. The standard InChI is InChI=1S/C34H48F5NO2S/c1-31-13-11-27-26-10-9-25(41)21-24(26)20-23(30(27)28(31)22-29(42)32(31)14-15-32)8-4-3-5-16-40(2)17-7-19-43-18-6-12-33(35,36)34(37,38)39/h9-10,21,23,27-28,30,41H,3-8,11-20,22H2,1-2H3/t23-,27?,28?,30?,31+/m1/s1. The lowest BCUT2D eigenvalue weighted by Crippen LogP contribution is -2.46. The van der Waals surface area contributed by atoms with Crippen LogP contribution < -0.4 is 0 Å². The van der Waals surface area contributed by atoms with Crippen molar-refractivity contribution >= 4 is 17.5 Å². The zero-order valence-electron chi connectivity index (χ0n) is 25.7. The molecular weight excluding hydrogens is 581 g/mol. The molecule has 3 fully saturated rings. The Hall–Kier alpha value is -1.35. The molecule has 5 rings (SSSR count). The Balaban J connectivity index is 1.05. The summed E-state index contributed by atoms with van der Waals surface area (Å²) in [5.74, 6) is -0.612. The summed E-state index contributed by atoms with van der Waals surface area (Å²) in [5, 5.41) is 10.2. The normalized spacial score (nSPS) is 29.5. The van der Waals surface area contributed by atoms with E-state index >= 15 is 0 Å². The highest BCUT2D eigenvalue weighted by Crippen LogP contribution is 2.75. The van der Waals surface area contributed by atoms with Crippen LogP contribution in [0.1, 0.15) is 101 Å². The number of Topliss-reactive ketones (excluding diaryl/α,β-unsaturated/α-hetero) is 1. The van der Waals surface area contributed by atoms with E-state index in [-0.39, 0.29) is 17.3 Å². The summed E-state index contributed by atoms with van der Waals surface area (Å²) in [5.41, 5.74) is 2.82. The number of ketones is 1. The van der Waals surface area contributed by atoms with E-state index in [1.807, 2.05) is 12.1 Å². The molecule has 4 aliphatic carbocycles. The van der Waals surface area contributed by atoms with Gasteiger partial charge in [0.2, 0.25) is 0 Å². The molecule has 1 aromatic rings. The Morgan fingerprint density at radius 3 is 2.42 bits per heavy atom. The summed E-state index contributed by atoms with van der Waals surface area (Å²) >= 11 is 1.45. The molecule has 1 aromatic carbocycles. The van der Waals surface area contributed by atoms with E-state index < -0.39 is 18.5 Å². The van der Waals surface area contributed by atoms with Gasteiger partial charge in [0, 0.05) is 18.3 Å². The van der Waals surface area contributed by atoms with Gasteiger partial charge >= 0.3 is 12.1 Å². The SMILES string of the molecule is CN(CCCCC[C@@H]1Cc2cc(O)ccc2C2CC[C@@]3(C)C(CC(=O)C34CC4)C21)CCCSCCCC(F)(F)C(F)(F)F. The molecule has 1 spiro atoms. The zero-order valence-corrected chi connectivity index (χ0v) is 26.5. The minimum Gasteiger partial charge on any atom is -0.508 e.